The summed E-state index contributed by atoms with van der Waals surface area (Å²) in [6.07, 6.45) is 4.28. The van der Waals surface area contributed by atoms with Crippen LogP contribution in [0, 0.1) is 6.92 Å². The van der Waals surface area contributed by atoms with Gasteiger partial charge in [0.15, 0.2) is 0 Å². The molecule has 21 heavy (non-hydrogen) atoms. The molecule has 1 heterocycles. The zero-order valence-corrected chi connectivity index (χ0v) is 13.7. The highest BCUT2D eigenvalue weighted by molar-refractivity contribution is 5.84. The number of aryl methyl sites for hydroxylation is 1. The minimum absolute atomic E-state index is 0.0236. The molecule has 1 N–H and O–H groups in total. The van der Waals surface area contributed by atoms with E-state index in [2.05, 4.69) is 62.2 Å². The van der Waals surface area contributed by atoms with Gasteiger partial charge in [-0.1, -0.05) is 51.0 Å². The van der Waals surface area contributed by atoms with E-state index in [4.69, 9.17) is 0 Å². The molecule has 1 aliphatic heterocycles. The summed E-state index contributed by atoms with van der Waals surface area (Å²) in [5.41, 5.74) is 2.47. The molecule has 1 aromatic carbocycles. The van der Waals surface area contributed by atoms with E-state index in [9.17, 15) is 4.79 Å². The number of carbonyl (C=O) groups is 1. The topological polar surface area (TPSA) is 32.3 Å². The first-order valence-electron chi connectivity index (χ1n) is 8.23. The van der Waals surface area contributed by atoms with Gasteiger partial charge >= 0.3 is 0 Å². The number of amides is 1. The van der Waals surface area contributed by atoms with E-state index in [-0.39, 0.29) is 24.2 Å². The Morgan fingerprint density at radius 3 is 2.62 bits per heavy atom. The Morgan fingerprint density at radius 1 is 1.29 bits per heavy atom. The van der Waals surface area contributed by atoms with E-state index >= 15 is 0 Å². The van der Waals surface area contributed by atoms with Crippen LogP contribution in [-0.4, -0.2) is 22.9 Å². The van der Waals surface area contributed by atoms with Gasteiger partial charge in [0.25, 0.3) is 0 Å². The third kappa shape index (κ3) is 3.29. The van der Waals surface area contributed by atoms with Crippen LogP contribution < -0.4 is 5.32 Å². The number of unbranched alkanes of at least 4 members (excludes halogenated alkanes) is 1. The average molecular weight is 288 g/mol. The van der Waals surface area contributed by atoms with Crippen molar-refractivity contribution in [2.24, 2.45) is 0 Å². The summed E-state index contributed by atoms with van der Waals surface area (Å²) in [5.74, 6) is 0.259. The summed E-state index contributed by atoms with van der Waals surface area (Å²) in [6, 6.07) is 8.61. The Hall–Kier alpha value is -1.35. The van der Waals surface area contributed by atoms with Crippen molar-refractivity contribution in [3.8, 4) is 0 Å². The third-order valence-corrected chi connectivity index (χ3v) is 4.53. The molecule has 3 unspecified atom stereocenters. The summed E-state index contributed by atoms with van der Waals surface area (Å²) in [5, 5.41) is 3.53. The van der Waals surface area contributed by atoms with Gasteiger partial charge < -0.3 is 4.90 Å². The minimum Gasteiger partial charge on any atom is -0.319 e. The molecule has 3 nitrogen and oxygen atoms in total. The highest BCUT2D eigenvalue weighted by atomic mass is 16.2. The van der Waals surface area contributed by atoms with Crippen molar-refractivity contribution in [2.45, 2.75) is 71.6 Å². The predicted molar refractivity (Wildman–Crippen MR) is 87.0 cm³/mol. The Balaban J connectivity index is 2.28. The molecule has 0 bridgehead atoms. The maximum atomic E-state index is 12.7. The second kappa shape index (κ2) is 7.08. The van der Waals surface area contributed by atoms with Crippen molar-refractivity contribution in [1.29, 1.82) is 0 Å². The first kappa shape index (κ1) is 16.0. The van der Waals surface area contributed by atoms with Gasteiger partial charge in [0, 0.05) is 6.04 Å². The van der Waals surface area contributed by atoms with Crippen LogP contribution in [-0.2, 0) is 4.79 Å². The molecule has 2 rings (SSSR count). The molecule has 1 amide bonds. The monoisotopic (exact) mass is 288 g/mol. The first-order valence-corrected chi connectivity index (χ1v) is 8.23. The molecule has 1 aliphatic rings. The fourth-order valence-electron chi connectivity index (χ4n) is 3.19. The summed E-state index contributed by atoms with van der Waals surface area (Å²) < 4.78 is 0. The molecule has 3 atom stereocenters. The number of nitrogens with zero attached hydrogens (tertiary/aromatic N) is 1. The lowest BCUT2D eigenvalue weighted by Gasteiger charge is -2.31. The minimum atomic E-state index is -0.0429. The van der Waals surface area contributed by atoms with Gasteiger partial charge in [0.2, 0.25) is 5.91 Å². The van der Waals surface area contributed by atoms with E-state index in [1.54, 1.807) is 0 Å². The van der Waals surface area contributed by atoms with Crippen LogP contribution in [0.1, 0.15) is 63.7 Å². The molecule has 0 aromatic heterocycles. The van der Waals surface area contributed by atoms with Crippen molar-refractivity contribution in [3.63, 3.8) is 0 Å². The molecule has 0 radical (unpaired) electrons. The van der Waals surface area contributed by atoms with Gasteiger partial charge in [-0.25, -0.2) is 0 Å². The summed E-state index contributed by atoms with van der Waals surface area (Å²) >= 11 is 0. The fourth-order valence-corrected chi connectivity index (χ4v) is 3.19. The molecule has 0 saturated carbocycles. The van der Waals surface area contributed by atoms with Crippen molar-refractivity contribution in [1.82, 2.24) is 10.2 Å². The highest BCUT2D eigenvalue weighted by Crippen LogP contribution is 2.31. The van der Waals surface area contributed by atoms with E-state index < -0.39 is 0 Å². The van der Waals surface area contributed by atoms with Gasteiger partial charge in [0.1, 0.15) is 6.17 Å². The number of hydrogen-bond donors (Lipinski definition) is 1. The van der Waals surface area contributed by atoms with Gasteiger partial charge in [-0.15, -0.1) is 0 Å². The zero-order valence-electron chi connectivity index (χ0n) is 13.7. The maximum Gasteiger partial charge on any atom is 0.241 e. The largest absolute Gasteiger partial charge is 0.319 e. The van der Waals surface area contributed by atoms with Crippen molar-refractivity contribution in [3.05, 3.63) is 35.4 Å². The summed E-state index contributed by atoms with van der Waals surface area (Å²) in [4.78, 5) is 14.8. The SMILES string of the molecule is CCCCC(C)N1C(=O)C(CC)NC1c1ccccc1C. The average Bonchev–Trinajstić information content (AvgIpc) is 2.82. The molecule has 1 aromatic rings. The molecule has 1 saturated heterocycles. The van der Waals surface area contributed by atoms with E-state index in [0.29, 0.717) is 0 Å². The first-order chi connectivity index (χ1) is 10.1. The molecule has 1 fully saturated rings. The van der Waals surface area contributed by atoms with Gasteiger partial charge in [0.05, 0.1) is 6.04 Å². The smallest absolute Gasteiger partial charge is 0.241 e. The van der Waals surface area contributed by atoms with Crippen LogP contribution in [0.5, 0.6) is 0 Å². The lowest BCUT2D eigenvalue weighted by molar-refractivity contribution is -0.132. The van der Waals surface area contributed by atoms with E-state index in [1.165, 1.54) is 24.0 Å². The van der Waals surface area contributed by atoms with Crippen LogP contribution in [0.4, 0.5) is 0 Å². The predicted octanol–water partition coefficient (Wildman–Crippen LogP) is 3.78. The standard InChI is InChI=1S/C18H28N2O/c1-5-7-11-14(4)20-17(19-16(6-2)18(20)21)15-12-9-8-10-13(15)3/h8-10,12,14,16-17,19H,5-7,11H2,1-4H3. The van der Waals surface area contributed by atoms with E-state index in [1.807, 2.05) is 0 Å². The highest BCUT2D eigenvalue weighted by Gasteiger charge is 2.41. The number of hydrogen-bond acceptors (Lipinski definition) is 2. The number of nitrogens with one attached hydrogen (secondary N) is 1. The van der Waals surface area contributed by atoms with Crippen molar-refractivity contribution >= 4 is 5.91 Å². The Kier molecular flexibility index (Phi) is 5.40. The molecule has 0 spiro atoms. The lowest BCUT2D eigenvalue weighted by atomic mass is 10.0. The number of benzene rings is 1. The number of carbonyl (C=O) groups excluding carboxylic acids is 1. The lowest BCUT2D eigenvalue weighted by Crippen LogP contribution is -2.38. The molecule has 0 aliphatic carbocycles. The number of rotatable bonds is 6. The Labute approximate surface area is 128 Å². The molecule has 116 valence electrons. The van der Waals surface area contributed by atoms with Crippen LogP contribution in [0.25, 0.3) is 0 Å². The van der Waals surface area contributed by atoms with Crippen molar-refractivity contribution < 1.29 is 4.79 Å². The quantitative estimate of drug-likeness (QED) is 0.864. The maximum absolute atomic E-state index is 12.7. The molecular formula is C18H28N2O. The summed E-state index contributed by atoms with van der Waals surface area (Å²) in [7, 11) is 0. The van der Waals surface area contributed by atoms with Gasteiger partial charge in [-0.2, -0.15) is 0 Å². The van der Waals surface area contributed by atoms with Gasteiger partial charge in [-0.3, -0.25) is 10.1 Å². The normalized spacial score (nSPS) is 23.6. The Bertz CT molecular complexity index is 486. The van der Waals surface area contributed by atoms with Gasteiger partial charge in [-0.05, 0) is 37.8 Å². The molecular weight excluding hydrogens is 260 g/mol. The second-order valence-corrected chi connectivity index (χ2v) is 6.12. The fraction of sp³-hybridized carbons (Fsp3) is 0.611. The zero-order chi connectivity index (χ0) is 15.4. The second-order valence-electron chi connectivity index (χ2n) is 6.12. The molecule has 3 heteroatoms. The summed E-state index contributed by atoms with van der Waals surface area (Å²) in [6.45, 7) is 8.57. The van der Waals surface area contributed by atoms with Crippen LogP contribution >= 0.6 is 0 Å². The van der Waals surface area contributed by atoms with Crippen LogP contribution in [0.2, 0.25) is 0 Å². The van der Waals surface area contributed by atoms with Crippen molar-refractivity contribution in [2.75, 3.05) is 0 Å². The third-order valence-electron chi connectivity index (χ3n) is 4.53. The van der Waals surface area contributed by atoms with Crippen LogP contribution in [0.15, 0.2) is 24.3 Å². The van der Waals surface area contributed by atoms with Crippen LogP contribution in [0.3, 0.4) is 0 Å². The Morgan fingerprint density at radius 2 is 2.00 bits per heavy atom. The van der Waals surface area contributed by atoms with E-state index in [0.717, 1.165) is 12.8 Å².